The highest BCUT2D eigenvalue weighted by Crippen LogP contribution is 2.34. The first-order valence-corrected chi connectivity index (χ1v) is 17.5. The number of rotatable bonds is 8. The third-order valence-corrected chi connectivity index (χ3v) is 10.9. The lowest BCUT2D eigenvalue weighted by Gasteiger charge is -2.43. The van der Waals surface area contributed by atoms with E-state index in [2.05, 4.69) is 20.2 Å². The monoisotopic (exact) mass is 652 g/mol. The molecule has 0 aliphatic carbocycles. The minimum atomic E-state index is -4.37. The van der Waals surface area contributed by atoms with Gasteiger partial charge in [-0.2, -0.15) is 13.2 Å². The molecule has 2 atom stereocenters. The first kappa shape index (κ1) is 33.6. The van der Waals surface area contributed by atoms with E-state index in [1.54, 1.807) is 7.05 Å². The van der Waals surface area contributed by atoms with Crippen LogP contribution in [0.4, 0.5) is 19.0 Å². The van der Waals surface area contributed by atoms with E-state index in [1.807, 2.05) is 11.8 Å². The van der Waals surface area contributed by atoms with Gasteiger partial charge in [-0.3, -0.25) is 4.79 Å². The molecule has 1 N–H and O–H groups in total. The topological polar surface area (TPSA) is 108 Å². The molecule has 4 heterocycles. The fourth-order valence-electron chi connectivity index (χ4n) is 6.71. The maximum Gasteiger partial charge on any atom is 0.416 e. The molecular formula is C31H43F3N6O4S. The van der Waals surface area contributed by atoms with Crippen LogP contribution in [0.2, 0.25) is 0 Å². The summed E-state index contributed by atoms with van der Waals surface area (Å²) in [6.07, 6.45) is 3.58. The Morgan fingerprint density at radius 1 is 1.02 bits per heavy atom. The molecule has 10 nitrogen and oxygen atoms in total. The second kappa shape index (κ2) is 13.9. The Balaban J connectivity index is 1.11. The number of anilines is 1. The van der Waals surface area contributed by atoms with E-state index in [0.717, 1.165) is 75.7 Å². The maximum absolute atomic E-state index is 13.5. The highest BCUT2D eigenvalue weighted by atomic mass is 32.2. The fraction of sp³-hybridized carbons (Fsp3) is 0.645. The van der Waals surface area contributed by atoms with Gasteiger partial charge >= 0.3 is 6.18 Å². The average molecular weight is 653 g/mol. The standard InChI is InChI=1S/C31H43F3N6O4S/c1-21-28(30(41)40-17-13-25(14-18-40)39-15-11-24(12-16-39)38(2)45(3,42)43)36-20-37-29(21)35-19-26-5-4-6-27(44-26)22-7-9-23(10-8-22)31(32,33)34/h7-10,20,24-27H,4-6,11-19H2,1-3H3,(H,35,36,37). The lowest BCUT2D eigenvalue weighted by atomic mass is 9.97. The number of sulfonamides is 1. The lowest BCUT2D eigenvalue weighted by molar-refractivity contribution is -0.137. The molecule has 5 rings (SSSR count). The van der Waals surface area contributed by atoms with Crippen LogP contribution in [0.3, 0.4) is 0 Å². The number of nitrogens with one attached hydrogen (secondary N) is 1. The van der Waals surface area contributed by atoms with Gasteiger partial charge in [0, 0.05) is 44.3 Å². The molecule has 0 radical (unpaired) electrons. The van der Waals surface area contributed by atoms with Crippen LogP contribution in [-0.2, 0) is 20.9 Å². The van der Waals surface area contributed by atoms with Crippen molar-refractivity contribution in [1.82, 2.24) is 24.1 Å². The molecular weight excluding hydrogens is 609 g/mol. The van der Waals surface area contributed by atoms with E-state index in [1.165, 1.54) is 29.0 Å². The number of halogens is 3. The summed E-state index contributed by atoms with van der Waals surface area (Å²) >= 11 is 0. The third kappa shape index (κ3) is 8.13. The second-order valence-electron chi connectivity index (χ2n) is 12.4. The molecule has 3 aliphatic rings. The zero-order valence-corrected chi connectivity index (χ0v) is 26.9. The molecule has 2 unspecified atom stereocenters. The Morgan fingerprint density at radius 2 is 1.69 bits per heavy atom. The summed E-state index contributed by atoms with van der Waals surface area (Å²) in [6, 6.07) is 5.56. The Morgan fingerprint density at radius 3 is 2.31 bits per heavy atom. The van der Waals surface area contributed by atoms with Crippen molar-refractivity contribution in [3.8, 4) is 0 Å². The molecule has 3 fully saturated rings. The lowest BCUT2D eigenvalue weighted by Crippen LogP contribution is -2.52. The summed E-state index contributed by atoms with van der Waals surface area (Å²) < 4.78 is 70.4. The maximum atomic E-state index is 13.5. The minimum Gasteiger partial charge on any atom is -0.368 e. The zero-order valence-electron chi connectivity index (χ0n) is 26.1. The van der Waals surface area contributed by atoms with Gasteiger partial charge in [0.05, 0.1) is 24.0 Å². The summed E-state index contributed by atoms with van der Waals surface area (Å²) in [7, 11) is -1.55. The number of likely N-dealkylation sites (tertiary alicyclic amines) is 2. The van der Waals surface area contributed by atoms with Crippen LogP contribution in [0.25, 0.3) is 0 Å². The quantitative estimate of drug-likeness (QED) is 0.445. The van der Waals surface area contributed by atoms with Crippen LogP contribution in [0.1, 0.15) is 78.2 Å². The van der Waals surface area contributed by atoms with Crippen molar-refractivity contribution in [2.45, 2.75) is 82.3 Å². The molecule has 1 amide bonds. The van der Waals surface area contributed by atoms with Gasteiger partial charge in [0.2, 0.25) is 10.0 Å². The summed E-state index contributed by atoms with van der Waals surface area (Å²) in [5, 5.41) is 3.31. The van der Waals surface area contributed by atoms with E-state index in [0.29, 0.717) is 42.8 Å². The Hall–Kier alpha value is -2.81. The van der Waals surface area contributed by atoms with Gasteiger partial charge in [-0.25, -0.2) is 22.7 Å². The highest BCUT2D eigenvalue weighted by Gasteiger charge is 2.34. The predicted octanol–water partition coefficient (Wildman–Crippen LogP) is 4.49. The number of carbonyl (C=O) groups is 1. The van der Waals surface area contributed by atoms with E-state index < -0.39 is 21.8 Å². The smallest absolute Gasteiger partial charge is 0.368 e. The van der Waals surface area contributed by atoms with E-state index in [4.69, 9.17) is 4.74 Å². The van der Waals surface area contributed by atoms with Crippen molar-refractivity contribution < 1.29 is 31.1 Å². The van der Waals surface area contributed by atoms with Gasteiger partial charge in [0.15, 0.2) is 0 Å². The molecule has 248 valence electrons. The fourth-order valence-corrected chi connectivity index (χ4v) is 7.46. The number of hydrogen-bond donors (Lipinski definition) is 1. The van der Waals surface area contributed by atoms with Crippen molar-refractivity contribution in [2.24, 2.45) is 0 Å². The minimum absolute atomic E-state index is 0.0339. The molecule has 1 aromatic carbocycles. The average Bonchev–Trinajstić information content (AvgIpc) is 3.03. The zero-order chi connectivity index (χ0) is 32.4. The second-order valence-corrected chi connectivity index (χ2v) is 14.5. The number of nitrogens with zero attached hydrogens (tertiary/aromatic N) is 5. The van der Waals surface area contributed by atoms with Gasteiger partial charge in [-0.05, 0) is 82.7 Å². The normalized spacial score (nSPS) is 23.0. The molecule has 14 heteroatoms. The van der Waals surface area contributed by atoms with E-state index in [-0.39, 0.29) is 24.2 Å². The number of amides is 1. The number of piperidine rings is 2. The predicted molar refractivity (Wildman–Crippen MR) is 164 cm³/mol. The molecule has 3 saturated heterocycles. The van der Waals surface area contributed by atoms with Crippen LogP contribution >= 0.6 is 0 Å². The van der Waals surface area contributed by atoms with Gasteiger partial charge in [0.25, 0.3) is 5.91 Å². The first-order valence-electron chi connectivity index (χ1n) is 15.7. The number of hydrogen-bond acceptors (Lipinski definition) is 8. The van der Waals surface area contributed by atoms with Crippen molar-refractivity contribution >= 4 is 21.7 Å². The van der Waals surface area contributed by atoms with E-state index >= 15 is 0 Å². The van der Waals surface area contributed by atoms with Crippen molar-refractivity contribution in [1.29, 1.82) is 0 Å². The van der Waals surface area contributed by atoms with Gasteiger partial charge < -0.3 is 19.9 Å². The van der Waals surface area contributed by atoms with Crippen molar-refractivity contribution in [3.05, 3.63) is 53.0 Å². The molecule has 0 saturated carbocycles. The van der Waals surface area contributed by atoms with Gasteiger partial charge in [0.1, 0.15) is 17.8 Å². The Kier molecular flexibility index (Phi) is 10.4. The molecule has 2 aromatic rings. The number of ether oxygens (including phenoxy) is 1. The van der Waals surface area contributed by atoms with Crippen LogP contribution in [-0.4, -0.2) is 103 Å². The van der Waals surface area contributed by atoms with Gasteiger partial charge in [-0.15, -0.1) is 0 Å². The Labute approximate surface area is 263 Å². The van der Waals surface area contributed by atoms with E-state index in [9.17, 15) is 26.4 Å². The largest absolute Gasteiger partial charge is 0.416 e. The summed E-state index contributed by atoms with van der Waals surface area (Å²) in [5.41, 5.74) is 1.08. The Bertz CT molecular complexity index is 1430. The highest BCUT2D eigenvalue weighted by molar-refractivity contribution is 7.88. The van der Waals surface area contributed by atoms with Crippen LogP contribution < -0.4 is 5.32 Å². The van der Waals surface area contributed by atoms with Crippen molar-refractivity contribution in [2.75, 3.05) is 51.3 Å². The SMILES string of the molecule is Cc1c(NCC2CCCC(c3ccc(C(F)(F)F)cc3)O2)ncnc1C(=O)N1CCC(N2CCC(N(C)S(C)(=O)=O)CC2)CC1. The summed E-state index contributed by atoms with van der Waals surface area (Å²) in [5.74, 6) is 0.437. The summed E-state index contributed by atoms with van der Waals surface area (Å²) in [4.78, 5) is 26.5. The van der Waals surface area contributed by atoms with Crippen LogP contribution in [0, 0.1) is 6.92 Å². The number of carbonyl (C=O) groups excluding carboxylic acids is 1. The molecule has 45 heavy (non-hydrogen) atoms. The molecule has 0 spiro atoms. The molecule has 0 bridgehead atoms. The van der Waals surface area contributed by atoms with Crippen LogP contribution in [0.15, 0.2) is 30.6 Å². The molecule has 3 aliphatic heterocycles. The van der Waals surface area contributed by atoms with Crippen LogP contribution in [0.5, 0.6) is 0 Å². The third-order valence-electron chi connectivity index (χ3n) is 9.55. The van der Waals surface area contributed by atoms with Gasteiger partial charge in [-0.1, -0.05) is 12.1 Å². The number of aromatic nitrogens is 2. The van der Waals surface area contributed by atoms with Crippen molar-refractivity contribution in [3.63, 3.8) is 0 Å². The number of alkyl halides is 3. The summed E-state index contributed by atoms with van der Waals surface area (Å²) in [6.45, 7) is 5.22. The number of benzene rings is 1. The first-order chi connectivity index (χ1) is 21.3. The molecule has 1 aromatic heterocycles.